The highest BCUT2D eigenvalue weighted by Gasteiger charge is 2.20. The average Bonchev–Trinajstić information content (AvgIpc) is 3.39. The number of hydrazine groups is 1. The molecule has 5 N–H and O–H groups in total. The van der Waals surface area contributed by atoms with Crippen LogP contribution in [-0.2, 0) is 20.0 Å². The summed E-state index contributed by atoms with van der Waals surface area (Å²) in [4.78, 5) is 15.7. The maximum absolute atomic E-state index is 12.9. The second-order valence-electron chi connectivity index (χ2n) is 9.84. The van der Waals surface area contributed by atoms with Crippen molar-refractivity contribution in [2.45, 2.75) is 16.7 Å². The quantitative estimate of drug-likeness (QED) is 0.114. The molecule has 0 radical (unpaired) electrons. The molecule has 0 spiro atoms. The minimum atomic E-state index is -3.92. The van der Waals surface area contributed by atoms with Crippen LogP contribution in [0.4, 0.5) is 34.8 Å². The van der Waals surface area contributed by atoms with E-state index in [0.717, 1.165) is 5.69 Å². The number of nitrogens with zero attached hydrogens (tertiary/aromatic N) is 6. The van der Waals surface area contributed by atoms with Gasteiger partial charge in [0.25, 0.3) is 20.0 Å². The minimum Gasteiger partial charge on any atom is -0.337 e. The van der Waals surface area contributed by atoms with Crippen molar-refractivity contribution in [3.05, 3.63) is 121 Å². The molecule has 238 valence electrons. The first-order valence-corrected chi connectivity index (χ1v) is 16.9. The molecule has 0 bridgehead atoms. The average molecular weight is 670 g/mol. The zero-order chi connectivity index (χ0) is 32.9. The van der Waals surface area contributed by atoms with Gasteiger partial charge in [0.1, 0.15) is 5.69 Å². The van der Waals surface area contributed by atoms with E-state index in [4.69, 9.17) is 5.10 Å². The van der Waals surface area contributed by atoms with E-state index in [-0.39, 0.29) is 21.7 Å². The van der Waals surface area contributed by atoms with Crippen LogP contribution in [0.25, 0.3) is 5.69 Å². The molecule has 0 unspecified atom stereocenters. The van der Waals surface area contributed by atoms with Gasteiger partial charge in [-0.05, 0) is 79.7 Å². The first-order valence-electron chi connectivity index (χ1n) is 13.9. The Morgan fingerprint density at radius 2 is 1.09 bits per heavy atom. The van der Waals surface area contributed by atoms with Gasteiger partial charge in [-0.15, -0.1) is 5.10 Å². The summed E-state index contributed by atoms with van der Waals surface area (Å²) in [5.41, 5.74) is 9.50. The Bertz CT molecular complexity index is 2180. The van der Waals surface area contributed by atoms with E-state index in [1.807, 2.05) is 37.3 Å². The van der Waals surface area contributed by atoms with Gasteiger partial charge >= 0.3 is 0 Å². The fourth-order valence-electron chi connectivity index (χ4n) is 4.33. The van der Waals surface area contributed by atoms with Crippen molar-refractivity contribution in [1.82, 2.24) is 29.7 Å². The molecule has 0 amide bonds. The second kappa shape index (κ2) is 13.1. The van der Waals surface area contributed by atoms with Crippen molar-refractivity contribution in [2.24, 2.45) is 0 Å². The summed E-state index contributed by atoms with van der Waals surface area (Å²) in [6.07, 6.45) is 5.76. The van der Waals surface area contributed by atoms with Crippen LogP contribution in [0.3, 0.4) is 0 Å². The molecule has 3 heterocycles. The molecule has 0 atom stereocenters. The Labute approximate surface area is 270 Å². The first kappa shape index (κ1) is 30.9. The molecule has 0 aliphatic carbocycles. The van der Waals surface area contributed by atoms with Gasteiger partial charge < -0.3 is 10.7 Å². The molecular weight excluding hydrogens is 643 g/mol. The van der Waals surface area contributed by atoms with Gasteiger partial charge in [-0.2, -0.15) is 0 Å². The normalized spacial score (nSPS) is 11.4. The topological polar surface area (TPSA) is 198 Å². The number of benzene rings is 3. The fraction of sp³-hybridized carbons (Fsp3) is 0.0333. The predicted molar refractivity (Wildman–Crippen MR) is 177 cm³/mol. The Morgan fingerprint density at radius 3 is 1.62 bits per heavy atom. The van der Waals surface area contributed by atoms with Gasteiger partial charge in [0.2, 0.25) is 11.9 Å². The number of anilines is 6. The highest BCUT2D eigenvalue weighted by molar-refractivity contribution is 7.93. The van der Waals surface area contributed by atoms with Crippen LogP contribution >= 0.6 is 0 Å². The SMILES string of the molecule is Cc1c(NNc2ccc(S(=O)(=O)Nc3ncccn3)cc2)c(Nc2ccccc2)nn1-c1ccc(S(=O)(=O)Nc2ncccn2)cc1. The van der Waals surface area contributed by atoms with Crippen LogP contribution in [0.5, 0.6) is 0 Å². The van der Waals surface area contributed by atoms with E-state index in [9.17, 15) is 16.8 Å². The number of sulfonamides is 2. The number of hydrogen-bond donors (Lipinski definition) is 5. The second-order valence-corrected chi connectivity index (χ2v) is 13.2. The van der Waals surface area contributed by atoms with Crippen LogP contribution in [0.2, 0.25) is 0 Å². The zero-order valence-corrected chi connectivity index (χ0v) is 26.2. The van der Waals surface area contributed by atoms with Crippen molar-refractivity contribution < 1.29 is 16.8 Å². The Kier molecular flexibility index (Phi) is 8.63. The number of nitrogens with one attached hydrogen (secondary N) is 5. The highest BCUT2D eigenvalue weighted by Crippen LogP contribution is 2.31. The van der Waals surface area contributed by atoms with Crippen molar-refractivity contribution in [3.8, 4) is 5.69 Å². The summed E-state index contributed by atoms with van der Waals surface area (Å²) in [5, 5.41) is 8.05. The minimum absolute atomic E-state index is 0.0260. The molecule has 15 nitrogen and oxygen atoms in total. The summed E-state index contributed by atoms with van der Waals surface area (Å²) in [6.45, 7) is 1.85. The maximum atomic E-state index is 12.9. The molecule has 17 heteroatoms. The van der Waals surface area contributed by atoms with E-state index in [2.05, 4.69) is 45.5 Å². The lowest BCUT2D eigenvalue weighted by Gasteiger charge is -2.13. The molecule has 3 aromatic heterocycles. The molecule has 0 saturated carbocycles. The van der Waals surface area contributed by atoms with Crippen molar-refractivity contribution in [1.29, 1.82) is 0 Å². The Balaban J connectivity index is 1.23. The standard InChI is InChI=1S/C30H27N11O4S2/c1-21-27(37-36-23-9-13-25(14-10-23)46(42,43)39-29-31-17-5-18-32-29)28(35-22-7-3-2-4-8-22)38-41(21)24-11-15-26(16-12-24)47(44,45)40-30-33-19-6-20-34-30/h2-20,36-37H,1H3,(H,35,38)(H,31,32,39)(H,33,34,40). The third-order valence-corrected chi connectivity index (χ3v) is 9.31. The molecule has 47 heavy (non-hydrogen) atoms. The van der Waals surface area contributed by atoms with Gasteiger partial charge in [0, 0.05) is 30.5 Å². The third-order valence-electron chi connectivity index (χ3n) is 6.62. The van der Waals surface area contributed by atoms with Crippen LogP contribution in [-0.4, -0.2) is 46.6 Å². The molecule has 6 aromatic rings. The smallest absolute Gasteiger partial charge is 0.264 e. The highest BCUT2D eigenvalue weighted by atomic mass is 32.2. The lowest BCUT2D eigenvalue weighted by Crippen LogP contribution is -2.15. The lowest BCUT2D eigenvalue weighted by molar-refractivity contribution is 0.599. The van der Waals surface area contributed by atoms with Crippen molar-refractivity contribution in [2.75, 3.05) is 25.6 Å². The monoisotopic (exact) mass is 669 g/mol. The molecule has 0 aliphatic rings. The van der Waals surface area contributed by atoms with Gasteiger partial charge in [0.05, 0.1) is 26.9 Å². The number of aromatic nitrogens is 6. The van der Waals surface area contributed by atoms with E-state index in [0.29, 0.717) is 28.6 Å². The van der Waals surface area contributed by atoms with Crippen molar-refractivity contribution in [3.63, 3.8) is 0 Å². The molecule has 3 aromatic carbocycles. The summed E-state index contributed by atoms with van der Waals surface area (Å²) in [5.74, 6) is 0.415. The van der Waals surface area contributed by atoms with E-state index < -0.39 is 20.0 Å². The molecule has 0 aliphatic heterocycles. The maximum Gasteiger partial charge on any atom is 0.264 e. The summed E-state index contributed by atoms with van der Waals surface area (Å²) >= 11 is 0. The number of para-hydroxylation sites is 1. The Morgan fingerprint density at radius 1 is 0.574 bits per heavy atom. The zero-order valence-electron chi connectivity index (χ0n) is 24.6. The van der Waals surface area contributed by atoms with Gasteiger partial charge in [-0.3, -0.25) is 5.43 Å². The van der Waals surface area contributed by atoms with Crippen LogP contribution in [0.15, 0.2) is 126 Å². The summed E-state index contributed by atoms with van der Waals surface area (Å²) in [7, 11) is -7.82. The van der Waals surface area contributed by atoms with E-state index >= 15 is 0 Å². The fourth-order valence-corrected chi connectivity index (χ4v) is 6.25. The van der Waals surface area contributed by atoms with Gasteiger partial charge in [-0.25, -0.2) is 50.9 Å². The molecule has 0 saturated heterocycles. The summed E-state index contributed by atoms with van der Waals surface area (Å²) in [6, 6.07) is 24.9. The summed E-state index contributed by atoms with van der Waals surface area (Å²) < 4.78 is 57.6. The lowest BCUT2D eigenvalue weighted by atomic mass is 10.3. The largest absolute Gasteiger partial charge is 0.337 e. The van der Waals surface area contributed by atoms with E-state index in [1.165, 1.54) is 49.1 Å². The third kappa shape index (κ3) is 7.26. The number of rotatable bonds is 12. The van der Waals surface area contributed by atoms with E-state index in [1.54, 1.807) is 41.1 Å². The van der Waals surface area contributed by atoms with Gasteiger partial charge in [0.15, 0.2) is 5.82 Å². The molecular formula is C30H27N11O4S2. The molecule has 6 rings (SSSR count). The van der Waals surface area contributed by atoms with Crippen LogP contribution < -0.4 is 25.6 Å². The predicted octanol–water partition coefficient (Wildman–Crippen LogP) is 4.54. The number of hydrogen-bond acceptors (Lipinski definition) is 12. The van der Waals surface area contributed by atoms with Crippen molar-refractivity contribution >= 4 is 54.8 Å². The molecule has 0 fully saturated rings. The van der Waals surface area contributed by atoms with Crippen LogP contribution in [0, 0.1) is 6.92 Å². The first-order chi connectivity index (χ1) is 22.7. The van der Waals surface area contributed by atoms with Gasteiger partial charge in [-0.1, -0.05) is 18.2 Å². The Hall–Kier alpha value is -6.07. The van der Waals surface area contributed by atoms with Crippen LogP contribution in [0.1, 0.15) is 5.69 Å².